The van der Waals surface area contributed by atoms with Gasteiger partial charge in [0.25, 0.3) is 0 Å². The number of fused-ring (bicyclic) bond motifs is 1. The molecule has 8 nitrogen and oxygen atoms in total. The Morgan fingerprint density at radius 2 is 1.76 bits per heavy atom. The van der Waals surface area contributed by atoms with Crippen LogP contribution in [0, 0.1) is 0 Å². The van der Waals surface area contributed by atoms with Crippen molar-refractivity contribution in [1.82, 2.24) is 14.5 Å². The second kappa shape index (κ2) is 9.12. The zero-order valence-electron chi connectivity index (χ0n) is 18.8. The fourth-order valence-electron chi connectivity index (χ4n) is 3.69. The Morgan fingerprint density at radius 3 is 2.45 bits per heavy atom. The van der Waals surface area contributed by atoms with Crippen LogP contribution in [0.5, 0.6) is 0 Å². The number of nitrogens with two attached hydrogens (primary N) is 1. The largest absolute Gasteiger partial charge is 0.383 e. The number of nitrogen functional groups attached to an aromatic ring is 1. The van der Waals surface area contributed by atoms with Gasteiger partial charge in [-0.3, -0.25) is 4.79 Å². The normalized spacial score (nSPS) is 11.0. The molecule has 0 radical (unpaired) electrons. The number of nitrogens with one attached hydrogen (secondary N) is 2. The SMILES string of the molecule is CCc1ccc(NC(=O)Nc2cccc(C(=O)c3cn(C(C)C)c4ncnc(N)c34)c2)cc1. The quantitative estimate of drug-likeness (QED) is 0.362. The van der Waals surface area contributed by atoms with E-state index in [1.807, 2.05) is 42.7 Å². The second-order valence-electron chi connectivity index (χ2n) is 8.04. The Kier molecular flexibility index (Phi) is 6.08. The van der Waals surface area contributed by atoms with E-state index < -0.39 is 6.03 Å². The molecule has 33 heavy (non-hydrogen) atoms. The number of aromatic nitrogens is 3. The van der Waals surface area contributed by atoms with Crippen LogP contribution in [-0.2, 0) is 6.42 Å². The van der Waals surface area contributed by atoms with Crippen molar-refractivity contribution >= 4 is 40.0 Å². The molecular weight excluding hydrogens is 416 g/mol. The number of urea groups is 1. The van der Waals surface area contributed by atoms with Gasteiger partial charge in [-0.05, 0) is 50.1 Å². The minimum Gasteiger partial charge on any atom is -0.383 e. The monoisotopic (exact) mass is 442 g/mol. The summed E-state index contributed by atoms with van der Waals surface area (Å²) < 4.78 is 1.90. The highest BCUT2D eigenvalue weighted by Crippen LogP contribution is 2.29. The van der Waals surface area contributed by atoms with Gasteiger partial charge in [-0.15, -0.1) is 0 Å². The van der Waals surface area contributed by atoms with Gasteiger partial charge in [0, 0.05) is 29.2 Å². The molecule has 0 atom stereocenters. The minimum atomic E-state index is -0.391. The van der Waals surface area contributed by atoms with Crippen molar-refractivity contribution in [3.05, 3.63) is 77.7 Å². The zero-order valence-corrected chi connectivity index (χ0v) is 18.8. The molecule has 0 fully saturated rings. The van der Waals surface area contributed by atoms with E-state index in [0.29, 0.717) is 33.5 Å². The van der Waals surface area contributed by atoms with E-state index in [1.54, 1.807) is 30.5 Å². The molecule has 4 rings (SSSR count). The number of hydrogen-bond donors (Lipinski definition) is 3. The van der Waals surface area contributed by atoms with Crippen molar-refractivity contribution in [2.45, 2.75) is 33.2 Å². The number of carbonyl (C=O) groups is 2. The summed E-state index contributed by atoms with van der Waals surface area (Å²) in [5, 5.41) is 6.11. The van der Waals surface area contributed by atoms with Crippen LogP contribution in [0.2, 0.25) is 0 Å². The first-order valence-electron chi connectivity index (χ1n) is 10.8. The fourth-order valence-corrected chi connectivity index (χ4v) is 3.69. The first-order valence-corrected chi connectivity index (χ1v) is 10.8. The van der Waals surface area contributed by atoms with Gasteiger partial charge < -0.3 is 20.9 Å². The molecule has 0 unspecified atom stereocenters. The van der Waals surface area contributed by atoms with E-state index >= 15 is 0 Å². The van der Waals surface area contributed by atoms with Gasteiger partial charge >= 0.3 is 6.03 Å². The molecule has 2 amide bonds. The zero-order chi connectivity index (χ0) is 23.5. The smallest absolute Gasteiger partial charge is 0.323 e. The highest BCUT2D eigenvalue weighted by atomic mass is 16.2. The Labute approximate surface area is 191 Å². The van der Waals surface area contributed by atoms with Gasteiger partial charge in [0.2, 0.25) is 0 Å². The minimum absolute atomic E-state index is 0.0893. The van der Waals surface area contributed by atoms with Gasteiger partial charge in [-0.2, -0.15) is 0 Å². The summed E-state index contributed by atoms with van der Waals surface area (Å²) in [5.41, 5.74) is 9.93. The number of carbonyl (C=O) groups excluding carboxylic acids is 2. The van der Waals surface area contributed by atoms with E-state index in [-0.39, 0.29) is 17.6 Å². The third-order valence-electron chi connectivity index (χ3n) is 5.44. The van der Waals surface area contributed by atoms with Gasteiger partial charge in [0.15, 0.2) is 5.78 Å². The number of anilines is 3. The molecule has 0 aliphatic heterocycles. The highest BCUT2D eigenvalue weighted by Gasteiger charge is 2.21. The van der Waals surface area contributed by atoms with Crippen LogP contribution in [-0.4, -0.2) is 26.3 Å². The van der Waals surface area contributed by atoms with Crippen LogP contribution in [0.3, 0.4) is 0 Å². The fraction of sp³-hybridized carbons (Fsp3) is 0.200. The molecule has 0 aliphatic rings. The third-order valence-corrected chi connectivity index (χ3v) is 5.44. The predicted octanol–water partition coefficient (Wildman–Crippen LogP) is 5.03. The van der Waals surface area contributed by atoms with E-state index in [9.17, 15) is 9.59 Å². The van der Waals surface area contributed by atoms with Crippen LogP contribution in [0.15, 0.2) is 61.1 Å². The number of ketones is 1. The summed E-state index contributed by atoms with van der Waals surface area (Å²) in [6.07, 6.45) is 4.08. The van der Waals surface area contributed by atoms with E-state index in [0.717, 1.165) is 6.42 Å². The summed E-state index contributed by atoms with van der Waals surface area (Å²) >= 11 is 0. The Hall–Kier alpha value is -4.20. The Bertz CT molecular complexity index is 1320. The lowest BCUT2D eigenvalue weighted by Gasteiger charge is -2.09. The van der Waals surface area contributed by atoms with Crippen LogP contribution < -0.4 is 16.4 Å². The van der Waals surface area contributed by atoms with Crippen LogP contribution >= 0.6 is 0 Å². The molecule has 0 saturated heterocycles. The standard InChI is InChI=1S/C25H26N6O2/c1-4-16-8-10-18(11-9-16)29-25(33)30-19-7-5-6-17(12-19)22(32)20-13-31(15(2)3)24-21(20)23(26)27-14-28-24/h5-15H,4H2,1-3H3,(H2,26,27,28)(H2,29,30,33). The molecule has 0 spiro atoms. The first-order chi connectivity index (χ1) is 15.9. The number of rotatable bonds is 6. The van der Waals surface area contributed by atoms with Crippen LogP contribution in [0.4, 0.5) is 22.0 Å². The van der Waals surface area contributed by atoms with Gasteiger partial charge in [0.1, 0.15) is 17.8 Å². The maximum Gasteiger partial charge on any atom is 0.323 e. The lowest BCUT2D eigenvalue weighted by atomic mass is 10.0. The summed E-state index contributed by atoms with van der Waals surface area (Å²) in [4.78, 5) is 34.2. The number of aryl methyl sites for hydroxylation is 1. The lowest BCUT2D eigenvalue weighted by Crippen LogP contribution is -2.19. The highest BCUT2D eigenvalue weighted by molar-refractivity contribution is 6.18. The van der Waals surface area contributed by atoms with Gasteiger partial charge in [-0.25, -0.2) is 14.8 Å². The van der Waals surface area contributed by atoms with Crippen molar-refractivity contribution in [2.24, 2.45) is 0 Å². The predicted molar refractivity (Wildman–Crippen MR) is 131 cm³/mol. The number of hydrogen-bond acceptors (Lipinski definition) is 5. The van der Waals surface area contributed by atoms with Crippen LogP contribution in [0.1, 0.15) is 48.3 Å². The number of benzene rings is 2. The third kappa shape index (κ3) is 4.55. The number of nitrogens with zero attached hydrogens (tertiary/aromatic N) is 3. The van der Waals surface area contributed by atoms with Crippen molar-refractivity contribution in [3.8, 4) is 0 Å². The molecule has 4 aromatic rings. The van der Waals surface area contributed by atoms with E-state index in [1.165, 1.54) is 11.9 Å². The van der Waals surface area contributed by atoms with Crippen molar-refractivity contribution in [1.29, 1.82) is 0 Å². The summed E-state index contributed by atoms with van der Waals surface area (Å²) in [5.74, 6) is 0.0330. The molecular formula is C25H26N6O2. The molecule has 4 N–H and O–H groups in total. The molecule has 2 heterocycles. The van der Waals surface area contributed by atoms with Crippen LogP contribution in [0.25, 0.3) is 11.0 Å². The maximum atomic E-state index is 13.4. The van der Waals surface area contributed by atoms with E-state index in [4.69, 9.17) is 5.73 Å². The summed E-state index contributed by atoms with van der Waals surface area (Å²) in [6.45, 7) is 6.08. The molecule has 8 heteroatoms. The van der Waals surface area contributed by atoms with E-state index in [2.05, 4.69) is 27.5 Å². The molecule has 0 aliphatic carbocycles. The topological polar surface area (TPSA) is 115 Å². The molecule has 2 aromatic heterocycles. The number of amides is 2. The van der Waals surface area contributed by atoms with Gasteiger partial charge in [0.05, 0.1) is 10.9 Å². The summed E-state index contributed by atoms with van der Waals surface area (Å²) in [7, 11) is 0. The van der Waals surface area contributed by atoms with Crippen molar-refractivity contribution in [3.63, 3.8) is 0 Å². The van der Waals surface area contributed by atoms with Gasteiger partial charge in [-0.1, -0.05) is 31.2 Å². The maximum absolute atomic E-state index is 13.4. The Morgan fingerprint density at radius 1 is 1.03 bits per heavy atom. The molecule has 168 valence electrons. The summed E-state index contributed by atoms with van der Waals surface area (Å²) in [6, 6.07) is 14.1. The molecule has 0 saturated carbocycles. The average molecular weight is 443 g/mol. The lowest BCUT2D eigenvalue weighted by molar-refractivity contribution is 0.104. The second-order valence-corrected chi connectivity index (χ2v) is 8.04. The molecule has 0 bridgehead atoms. The first kappa shape index (κ1) is 22.0. The van der Waals surface area contributed by atoms with Crippen molar-refractivity contribution < 1.29 is 9.59 Å². The Balaban J connectivity index is 1.58. The molecule has 2 aromatic carbocycles. The average Bonchev–Trinajstić information content (AvgIpc) is 3.20. The van der Waals surface area contributed by atoms with Crippen molar-refractivity contribution in [2.75, 3.05) is 16.4 Å².